The number of imidazole rings is 1. The van der Waals surface area contributed by atoms with Crippen LogP contribution in [0.3, 0.4) is 0 Å². The molecule has 2 aliphatic rings. The SMILES string of the molecule is Cc1cc(-c2ccccc2)cc(C)c1-n1c2[n+](c3ccccc31)C1(c3ccc(-c4ccccc4)cc3-c3cc(CC(C)C)c([Si](C)(C)C)c[n+]31)c1ccc3c(oc4ccccc43)c1-2. The highest BCUT2D eigenvalue weighted by Crippen LogP contribution is 2.53. The lowest BCUT2D eigenvalue weighted by molar-refractivity contribution is -0.944. The van der Waals surface area contributed by atoms with E-state index in [1.54, 1.807) is 0 Å². The fraction of sp³-hybridized carbons (Fsp3) is 0.172. The molecular weight excluding hydrogens is 783 g/mol. The van der Waals surface area contributed by atoms with Crippen LogP contribution in [0, 0.1) is 19.8 Å². The molecule has 10 aromatic rings. The van der Waals surface area contributed by atoms with Crippen molar-refractivity contribution in [1.29, 1.82) is 0 Å². The van der Waals surface area contributed by atoms with Gasteiger partial charge in [-0.3, -0.25) is 0 Å². The van der Waals surface area contributed by atoms with Gasteiger partial charge in [0.05, 0.1) is 24.8 Å². The van der Waals surface area contributed by atoms with Crippen LogP contribution in [0.25, 0.3) is 83.6 Å². The lowest BCUT2D eigenvalue weighted by Gasteiger charge is -2.24. The Labute approximate surface area is 370 Å². The summed E-state index contributed by atoms with van der Waals surface area (Å²) in [6.07, 6.45) is 3.63. The van der Waals surface area contributed by atoms with E-state index in [1.165, 1.54) is 83.2 Å². The summed E-state index contributed by atoms with van der Waals surface area (Å²) >= 11 is 0. The normalized spacial score (nSPS) is 15.2. The summed E-state index contributed by atoms with van der Waals surface area (Å²) in [6, 6.07) is 58.5. The molecule has 0 saturated heterocycles. The Morgan fingerprint density at radius 2 is 1.29 bits per heavy atom. The highest BCUT2D eigenvalue weighted by atomic mass is 28.3. The average Bonchev–Trinajstić information content (AvgIpc) is 3.99. The third kappa shape index (κ3) is 5.32. The van der Waals surface area contributed by atoms with Gasteiger partial charge >= 0.3 is 11.5 Å². The average molecular weight is 834 g/mol. The molecule has 1 unspecified atom stereocenters. The van der Waals surface area contributed by atoms with Crippen molar-refractivity contribution < 1.29 is 13.6 Å². The molecule has 3 aromatic heterocycles. The van der Waals surface area contributed by atoms with Crippen molar-refractivity contribution in [3.8, 4) is 50.6 Å². The van der Waals surface area contributed by atoms with Crippen molar-refractivity contribution in [2.24, 2.45) is 5.92 Å². The molecule has 5 heteroatoms. The van der Waals surface area contributed by atoms with E-state index in [0.29, 0.717) is 5.92 Å². The topological polar surface area (TPSA) is 25.8 Å². The zero-order chi connectivity index (χ0) is 42.9. The molecule has 63 heavy (non-hydrogen) atoms. The van der Waals surface area contributed by atoms with Gasteiger partial charge in [0.15, 0.2) is 22.8 Å². The fourth-order valence-electron chi connectivity index (χ4n) is 11.3. The lowest BCUT2D eigenvalue weighted by atomic mass is 9.87. The van der Waals surface area contributed by atoms with Crippen molar-refractivity contribution in [3.63, 3.8) is 0 Å². The summed E-state index contributed by atoms with van der Waals surface area (Å²) in [4.78, 5) is 0. The number of furan rings is 1. The number of benzene rings is 7. The predicted octanol–water partition coefficient (Wildman–Crippen LogP) is 13.1. The Morgan fingerprint density at radius 1 is 0.635 bits per heavy atom. The molecule has 7 aromatic carbocycles. The number of aryl methyl sites for hydroxylation is 2. The number of hydrogen-bond donors (Lipinski definition) is 0. The van der Waals surface area contributed by atoms with Crippen LogP contribution in [-0.4, -0.2) is 12.6 Å². The number of nitrogens with zero attached hydrogens (tertiary/aromatic N) is 3. The second kappa shape index (κ2) is 13.6. The predicted molar refractivity (Wildman–Crippen MR) is 262 cm³/mol. The molecule has 0 amide bonds. The number of fused-ring (bicyclic) bond motifs is 16. The Morgan fingerprint density at radius 3 is 2.00 bits per heavy atom. The van der Waals surface area contributed by atoms with E-state index < -0.39 is 13.7 Å². The Bertz CT molecular complexity index is 3490. The fourth-order valence-corrected chi connectivity index (χ4v) is 13.0. The Hall–Kier alpha value is -6.82. The van der Waals surface area contributed by atoms with E-state index >= 15 is 0 Å². The first-order valence-corrected chi connectivity index (χ1v) is 26.0. The molecule has 12 rings (SSSR count). The molecule has 306 valence electrons. The Balaban J connectivity index is 1.28. The van der Waals surface area contributed by atoms with Crippen LogP contribution in [0.15, 0.2) is 168 Å². The summed E-state index contributed by atoms with van der Waals surface area (Å²) in [7, 11) is -1.87. The monoisotopic (exact) mass is 833 g/mol. The van der Waals surface area contributed by atoms with Crippen LogP contribution in [0.4, 0.5) is 0 Å². The van der Waals surface area contributed by atoms with Crippen molar-refractivity contribution in [2.45, 2.75) is 59.4 Å². The zero-order valence-electron chi connectivity index (χ0n) is 37.1. The highest BCUT2D eigenvalue weighted by Gasteiger charge is 2.67. The highest BCUT2D eigenvalue weighted by molar-refractivity contribution is 6.89. The summed E-state index contributed by atoms with van der Waals surface area (Å²) in [5.41, 5.74) is 19.6. The quantitative estimate of drug-likeness (QED) is 0.121. The summed E-state index contributed by atoms with van der Waals surface area (Å²) in [6.45, 7) is 16.8. The van der Waals surface area contributed by atoms with Gasteiger partial charge in [0, 0.05) is 22.0 Å². The zero-order valence-corrected chi connectivity index (χ0v) is 38.1. The number of para-hydroxylation sites is 3. The summed E-state index contributed by atoms with van der Waals surface area (Å²) in [5, 5.41) is 3.79. The summed E-state index contributed by atoms with van der Waals surface area (Å²) < 4.78 is 15.1. The smallest absolute Gasteiger partial charge is 0.364 e. The van der Waals surface area contributed by atoms with E-state index in [2.05, 4.69) is 225 Å². The van der Waals surface area contributed by atoms with E-state index in [0.717, 1.165) is 39.7 Å². The van der Waals surface area contributed by atoms with E-state index in [1.807, 2.05) is 0 Å². The lowest BCUT2D eigenvalue weighted by Crippen LogP contribution is -2.72. The van der Waals surface area contributed by atoms with Gasteiger partial charge in [-0.05, 0) is 120 Å². The van der Waals surface area contributed by atoms with Crippen LogP contribution in [0.2, 0.25) is 19.6 Å². The molecule has 0 radical (unpaired) electrons. The minimum absolute atomic E-state index is 0.529. The minimum Gasteiger partial charge on any atom is -0.455 e. The van der Waals surface area contributed by atoms with Gasteiger partial charge < -0.3 is 4.42 Å². The second-order valence-electron chi connectivity index (χ2n) is 19.4. The van der Waals surface area contributed by atoms with Crippen molar-refractivity contribution in [3.05, 3.63) is 192 Å². The van der Waals surface area contributed by atoms with Crippen LogP contribution in [-0.2, 0) is 12.1 Å². The van der Waals surface area contributed by atoms with Gasteiger partial charge in [0.1, 0.15) is 16.8 Å². The minimum atomic E-state index is -1.87. The maximum atomic E-state index is 7.14. The van der Waals surface area contributed by atoms with E-state index in [4.69, 9.17) is 4.42 Å². The third-order valence-electron chi connectivity index (χ3n) is 13.8. The number of hydrogen-bond acceptors (Lipinski definition) is 1. The largest absolute Gasteiger partial charge is 0.455 e. The molecule has 2 aliphatic heterocycles. The molecule has 4 nitrogen and oxygen atoms in total. The first-order valence-electron chi connectivity index (χ1n) is 22.5. The Kier molecular flexibility index (Phi) is 8.17. The molecule has 5 heterocycles. The standard InChI is InChI=1S/C58H51N3OSi/c1-36(2)30-43-34-51-46-33-41(39-18-10-8-11-19-39)26-28-47(46)58(59(51)35-53(43)63(5,6)7)48-29-27-45-44-22-14-17-25-52(44)62-56(45)54(48)57-60(49-23-15-16-24-50(49)61(57)58)55-37(3)31-42(32-38(55)4)40-20-12-9-13-21-40/h8-29,31-36H,30H2,1-7H3/q+2. The summed E-state index contributed by atoms with van der Waals surface area (Å²) in [5.74, 6) is 1.66. The van der Waals surface area contributed by atoms with Gasteiger partial charge in [0.25, 0.3) is 0 Å². The number of rotatable bonds is 6. The van der Waals surface area contributed by atoms with Gasteiger partial charge in [-0.25, -0.2) is 0 Å². The third-order valence-corrected chi connectivity index (χ3v) is 15.9. The van der Waals surface area contributed by atoms with Gasteiger partial charge in [-0.2, -0.15) is 4.57 Å². The van der Waals surface area contributed by atoms with Gasteiger partial charge in [-0.1, -0.05) is 131 Å². The van der Waals surface area contributed by atoms with Crippen molar-refractivity contribution in [2.75, 3.05) is 0 Å². The van der Waals surface area contributed by atoms with Crippen LogP contribution >= 0.6 is 0 Å². The molecule has 0 N–H and O–H groups in total. The van der Waals surface area contributed by atoms with Gasteiger partial charge in [0.2, 0.25) is 5.69 Å². The van der Waals surface area contributed by atoms with Gasteiger partial charge in [-0.15, -0.1) is 9.13 Å². The van der Waals surface area contributed by atoms with Crippen molar-refractivity contribution in [1.82, 2.24) is 4.57 Å². The second-order valence-corrected chi connectivity index (χ2v) is 24.4. The maximum Gasteiger partial charge on any atom is 0.364 e. The number of aromatic nitrogens is 3. The van der Waals surface area contributed by atoms with Crippen LogP contribution < -0.4 is 14.3 Å². The van der Waals surface area contributed by atoms with E-state index in [9.17, 15) is 0 Å². The molecular formula is C58H51N3OSi+2. The molecule has 1 atom stereocenters. The van der Waals surface area contributed by atoms with Crippen molar-refractivity contribution >= 4 is 46.2 Å². The van der Waals surface area contributed by atoms with Crippen LogP contribution in [0.5, 0.6) is 0 Å². The molecule has 1 spiro atoms. The first kappa shape index (κ1) is 37.9. The van der Waals surface area contributed by atoms with E-state index in [-0.39, 0.29) is 0 Å². The first-order chi connectivity index (χ1) is 30.5. The number of pyridine rings is 1. The van der Waals surface area contributed by atoms with Crippen LogP contribution in [0.1, 0.15) is 41.7 Å². The molecule has 0 saturated carbocycles. The molecule has 0 bridgehead atoms. The molecule has 0 fully saturated rings. The maximum absolute atomic E-state index is 7.14. The molecule has 0 aliphatic carbocycles.